The second kappa shape index (κ2) is 20.2. The lowest BCUT2D eigenvalue weighted by molar-refractivity contribution is -0.143. The van der Waals surface area contributed by atoms with Crippen molar-refractivity contribution < 1.29 is 44.1 Å². The van der Waals surface area contributed by atoms with Crippen LogP contribution in [-0.2, 0) is 35.2 Å². The number of phenolic OH excluding ortho intramolecular Hbond substituents is 1. The van der Waals surface area contributed by atoms with E-state index in [1.54, 1.807) is 13.8 Å². The number of hydrogen-bond acceptors (Lipinski definition) is 12. The third-order valence-corrected chi connectivity index (χ3v) is 7.26. The molecule has 0 aliphatic rings. The van der Waals surface area contributed by atoms with Gasteiger partial charge >= 0.3 is 11.9 Å². The molecule has 0 spiro atoms. The van der Waals surface area contributed by atoms with E-state index in [4.69, 9.17) is 28.7 Å². The predicted molar refractivity (Wildman–Crippen MR) is 174 cm³/mol. The molecule has 0 fully saturated rings. The Labute approximate surface area is 278 Å². The summed E-state index contributed by atoms with van der Waals surface area (Å²) in [5.41, 5.74) is 28.7. The number of aromatic hydroxyl groups is 1. The molecule has 268 valence electrons. The first-order valence-electron chi connectivity index (χ1n) is 15.4. The fourth-order valence-electron chi connectivity index (χ4n) is 4.40. The van der Waals surface area contributed by atoms with Crippen molar-refractivity contribution in [1.29, 1.82) is 0 Å². The zero-order chi connectivity index (χ0) is 36.6. The molecule has 0 aromatic heterocycles. The van der Waals surface area contributed by atoms with E-state index in [1.807, 2.05) is 0 Å². The number of carbonyl (C=O) groups is 6. The molecule has 18 nitrogen and oxygen atoms in total. The minimum absolute atomic E-state index is 0.0272. The number of carboxylic acid groups (broad SMARTS) is 2. The molecule has 1 aromatic carbocycles. The Morgan fingerprint density at radius 3 is 1.83 bits per heavy atom. The fourth-order valence-corrected chi connectivity index (χ4v) is 4.40. The van der Waals surface area contributed by atoms with Crippen molar-refractivity contribution in [2.75, 3.05) is 6.54 Å². The quantitative estimate of drug-likeness (QED) is 0.0592. The lowest BCUT2D eigenvalue weighted by Crippen LogP contribution is -2.59. The van der Waals surface area contributed by atoms with E-state index in [1.165, 1.54) is 24.3 Å². The van der Waals surface area contributed by atoms with Gasteiger partial charge in [-0.3, -0.25) is 24.0 Å². The first kappa shape index (κ1) is 40.9. The average Bonchev–Trinajstić information content (AvgIpc) is 3.01. The lowest BCUT2D eigenvalue weighted by Gasteiger charge is -2.27. The van der Waals surface area contributed by atoms with Gasteiger partial charge in [-0.25, -0.2) is 4.79 Å². The molecule has 0 saturated heterocycles. The number of rotatable bonds is 21. The van der Waals surface area contributed by atoms with Crippen molar-refractivity contribution in [3.8, 4) is 5.75 Å². The Morgan fingerprint density at radius 1 is 0.750 bits per heavy atom. The van der Waals surface area contributed by atoms with Gasteiger partial charge in [-0.15, -0.1) is 0 Å². The standard InChI is InChI=1S/C30H49N9O9/c1-15(2)24(29(46)38-22(30(47)48)13-16-6-8-17(40)9-7-16)39-28(45)21(14-23(41)42)37-27(44)20(5-3-4-12-31)36-26(43)19(33)11-10-18(32)25(34)35/h6-9,15,19-22,24,40H,3-5,10-14,31-35H2,1-2H3,(H,36,43)(H,37,44)(H,38,46)(H,39,45)(H,41,42)(H,47,48)/t19-,20+,21+,22+,24+/m1/s1. The molecule has 1 aromatic rings. The number of nitrogens with two attached hydrogens (primary N) is 5. The first-order chi connectivity index (χ1) is 22.5. The van der Waals surface area contributed by atoms with Crippen LogP contribution in [0.25, 0.3) is 0 Å². The Bertz CT molecular complexity index is 1300. The van der Waals surface area contributed by atoms with Crippen LogP contribution >= 0.6 is 0 Å². The molecule has 0 unspecified atom stereocenters. The van der Waals surface area contributed by atoms with Gasteiger partial charge in [0.15, 0.2) is 0 Å². The normalized spacial score (nSPS) is 14.0. The summed E-state index contributed by atoms with van der Waals surface area (Å²) in [6, 6.07) is -1.05. The van der Waals surface area contributed by atoms with Crippen molar-refractivity contribution in [3.05, 3.63) is 41.3 Å². The van der Waals surface area contributed by atoms with Crippen molar-refractivity contribution in [2.24, 2.45) is 34.6 Å². The van der Waals surface area contributed by atoms with Crippen LogP contribution in [0.1, 0.15) is 57.9 Å². The summed E-state index contributed by atoms with van der Waals surface area (Å²) >= 11 is 0. The van der Waals surface area contributed by atoms with Gasteiger partial charge in [0.2, 0.25) is 23.6 Å². The highest BCUT2D eigenvalue weighted by molar-refractivity contribution is 5.96. The van der Waals surface area contributed by atoms with Crippen LogP contribution < -0.4 is 49.9 Å². The number of phenols is 1. The van der Waals surface area contributed by atoms with Crippen molar-refractivity contribution in [1.82, 2.24) is 21.3 Å². The molecule has 0 aliphatic carbocycles. The molecule has 0 aliphatic heterocycles. The number of carboxylic acids is 2. The largest absolute Gasteiger partial charge is 0.508 e. The number of amides is 4. The average molecular weight is 680 g/mol. The molecular formula is C30H49N9O9. The van der Waals surface area contributed by atoms with Gasteiger partial charge in [-0.1, -0.05) is 26.0 Å². The Balaban J connectivity index is 3.11. The zero-order valence-corrected chi connectivity index (χ0v) is 27.1. The number of carbonyl (C=O) groups excluding carboxylic acids is 4. The van der Waals surface area contributed by atoms with Crippen LogP contribution in [0.5, 0.6) is 5.75 Å². The molecule has 48 heavy (non-hydrogen) atoms. The van der Waals surface area contributed by atoms with Gasteiger partial charge < -0.3 is 65.3 Å². The van der Waals surface area contributed by atoms with E-state index < -0.39 is 78.1 Å². The minimum atomic E-state index is -1.68. The van der Waals surface area contributed by atoms with Gasteiger partial charge in [-0.2, -0.15) is 0 Å². The zero-order valence-electron chi connectivity index (χ0n) is 27.1. The molecular weight excluding hydrogens is 630 g/mol. The third-order valence-electron chi connectivity index (χ3n) is 7.26. The van der Waals surface area contributed by atoms with E-state index in [9.17, 15) is 44.1 Å². The molecule has 1 rings (SSSR count). The highest BCUT2D eigenvalue weighted by Crippen LogP contribution is 2.13. The maximum atomic E-state index is 13.3. The van der Waals surface area contributed by atoms with E-state index >= 15 is 0 Å². The summed E-state index contributed by atoms with van der Waals surface area (Å²) < 4.78 is 0. The van der Waals surface area contributed by atoms with Gasteiger partial charge in [0.1, 0.15) is 35.7 Å². The van der Waals surface area contributed by atoms with Crippen LogP contribution in [0, 0.1) is 5.92 Å². The Morgan fingerprint density at radius 2 is 1.31 bits per heavy atom. The molecule has 4 amide bonds. The number of aliphatic carboxylic acids is 2. The van der Waals surface area contributed by atoms with Crippen molar-refractivity contribution in [3.63, 3.8) is 0 Å². The third kappa shape index (κ3) is 14.5. The smallest absolute Gasteiger partial charge is 0.326 e. The van der Waals surface area contributed by atoms with Crippen LogP contribution in [0.4, 0.5) is 0 Å². The number of benzene rings is 1. The number of unbranched alkanes of at least 4 members (excludes halogenated alkanes) is 1. The molecule has 17 N–H and O–H groups in total. The topological polar surface area (TPSA) is 341 Å². The maximum Gasteiger partial charge on any atom is 0.326 e. The van der Waals surface area contributed by atoms with Crippen LogP contribution in [0.15, 0.2) is 35.8 Å². The monoisotopic (exact) mass is 679 g/mol. The van der Waals surface area contributed by atoms with E-state index in [0.717, 1.165) is 0 Å². The van der Waals surface area contributed by atoms with Crippen LogP contribution in [0.3, 0.4) is 0 Å². The Hall–Kier alpha value is -5.10. The van der Waals surface area contributed by atoms with Gasteiger partial charge in [-0.05, 0) is 62.3 Å². The molecule has 5 atom stereocenters. The summed E-state index contributed by atoms with van der Waals surface area (Å²) in [6.45, 7) is 3.44. The van der Waals surface area contributed by atoms with Crippen molar-refractivity contribution in [2.45, 2.75) is 89.0 Å². The summed E-state index contributed by atoms with van der Waals surface area (Å²) in [6.07, 6.45) is 0.112. The van der Waals surface area contributed by atoms with Crippen LogP contribution in [-0.4, -0.2) is 87.6 Å². The van der Waals surface area contributed by atoms with Gasteiger partial charge in [0, 0.05) is 12.1 Å². The van der Waals surface area contributed by atoms with E-state index in [2.05, 4.69) is 21.3 Å². The van der Waals surface area contributed by atoms with Crippen molar-refractivity contribution >= 4 is 35.6 Å². The second-order valence-corrected chi connectivity index (χ2v) is 11.6. The van der Waals surface area contributed by atoms with E-state index in [-0.39, 0.29) is 43.0 Å². The van der Waals surface area contributed by atoms with E-state index in [0.29, 0.717) is 24.9 Å². The summed E-state index contributed by atoms with van der Waals surface area (Å²) in [5, 5.41) is 38.3. The summed E-state index contributed by atoms with van der Waals surface area (Å²) in [7, 11) is 0. The van der Waals surface area contributed by atoms with Gasteiger partial charge in [0.25, 0.3) is 0 Å². The molecule has 0 bridgehead atoms. The number of nitrogens with one attached hydrogen (secondary N) is 4. The minimum Gasteiger partial charge on any atom is -0.508 e. The molecule has 0 heterocycles. The Kier molecular flexibility index (Phi) is 17.2. The first-order valence-corrected chi connectivity index (χ1v) is 15.4. The predicted octanol–water partition coefficient (Wildman–Crippen LogP) is -2.63. The molecule has 18 heteroatoms. The SMILES string of the molecule is CC(C)[C@H](NC(=O)[C@H](CC(=O)O)NC(=O)[C@H](CCCCN)NC(=O)[C@H](N)CCC(N)=C(N)N)C(=O)N[C@@H](Cc1ccc(O)cc1)C(=O)O. The lowest BCUT2D eigenvalue weighted by atomic mass is 10.0. The highest BCUT2D eigenvalue weighted by Gasteiger charge is 2.34. The highest BCUT2D eigenvalue weighted by atomic mass is 16.4. The van der Waals surface area contributed by atoms with Gasteiger partial charge in [0.05, 0.1) is 12.5 Å². The fraction of sp³-hybridized carbons (Fsp3) is 0.533. The number of hydrogen-bond donors (Lipinski definition) is 12. The molecule has 0 saturated carbocycles. The summed E-state index contributed by atoms with van der Waals surface area (Å²) in [4.78, 5) is 76.2. The van der Waals surface area contributed by atoms with Crippen LogP contribution in [0.2, 0.25) is 0 Å². The molecule has 0 radical (unpaired) electrons. The second-order valence-electron chi connectivity index (χ2n) is 11.6. The summed E-state index contributed by atoms with van der Waals surface area (Å²) in [5.74, 6) is -7.04. The maximum absolute atomic E-state index is 13.3. The number of allylic oxidation sites excluding steroid dienone is 1.